The number of anilines is 2. The number of ether oxygens (including phenoxy) is 1. The average Bonchev–Trinajstić information content (AvgIpc) is 2.68. The van der Waals surface area contributed by atoms with Crippen molar-refractivity contribution in [3.8, 4) is 5.75 Å². The van der Waals surface area contributed by atoms with Gasteiger partial charge in [-0.3, -0.25) is 9.59 Å². The van der Waals surface area contributed by atoms with Crippen LogP contribution in [0.25, 0.3) is 0 Å². The first kappa shape index (κ1) is 19.0. The third-order valence-corrected chi connectivity index (χ3v) is 3.88. The summed E-state index contributed by atoms with van der Waals surface area (Å²) in [6.07, 6.45) is 0. The number of methoxy groups -OCH3 is 1. The lowest BCUT2D eigenvalue weighted by Crippen LogP contribution is -2.14. The van der Waals surface area contributed by atoms with Gasteiger partial charge in [0.05, 0.1) is 12.8 Å². The number of hydrogen-bond donors (Lipinski definition) is 2. The summed E-state index contributed by atoms with van der Waals surface area (Å²) in [6.45, 7) is 0. The monoisotopic (exact) mass is 382 g/mol. The molecule has 0 aliphatic carbocycles. The minimum Gasteiger partial charge on any atom is -0.495 e. The van der Waals surface area contributed by atoms with Gasteiger partial charge in [0.2, 0.25) is 0 Å². The fourth-order valence-corrected chi connectivity index (χ4v) is 2.54. The molecule has 2 amide bonds. The Morgan fingerprint density at radius 2 is 1.39 bits per heavy atom. The summed E-state index contributed by atoms with van der Waals surface area (Å²) in [4.78, 5) is 24.5. The van der Waals surface area contributed by atoms with Crippen molar-refractivity contribution < 1.29 is 23.1 Å². The van der Waals surface area contributed by atoms with Crippen molar-refractivity contribution >= 4 is 23.2 Å². The zero-order chi connectivity index (χ0) is 20.1. The highest BCUT2D eigenvalue weighted by Crippen LogP contribution is 2.24. The first-order chi connectivity index (χ1) is 13.5. The van der Waals surface area contributed by atoms with Crippen molar-refractivity contribution in [2.45, 2.75) is 0 Å². The number of benzene rings is 3. The van der Waals surface area contributed by atoms with Crippen LogP contribution in [0.3, 0.4) is 0 Å². The Morgan fingerprint density at radius 1 is 0.786 bits per heavy atom. The number of carbonyl (C=O) groups excluding carboxylic acids is 2. The molecule has 0 aliphatic heterocycles. The lowest BCUT2D eigenvalue weighted by atomic mass is 10.1. The number of carbonyl (C=O) groups is 2. The predicted molar refractivity (Wildman–Crippen MR) is 102 cm³/mol. The van der Waals surface area contributed by atoms with Crippen molar-refractivity contribution in [2.24, 2.45) is 0 Å². The maximum atomic E-state index is 13.2. The molecule has 7 heteroatoms. The van der Waals surface area contributed by atoms with Crippen molar-refractivity contribution in [1.82, 2.24) is 0 Å². The van der Waals surface area contributed by atoms with E-state index in [9.17, 15) is 18.4 Å². The number of rotatable bonds is 5. The summed E-state index contributed by atoms with van der Waals surface area (Å²) in [6, 6.07) is 15.6. The molecule has 3 aromatic carbocycles. The zero-order valence-electron chi connectivity index (χ0n) is 14.8. The van der Waals surface area contributed by atoms with Crippen molar-refractivity contribution in [3.05, 3.63) is 89.5 Å². The SMILES string of the molecule is COc1ccccc1NC(=O)c1ccc(NC(=O)c2cc(F)cc(F)c2)cc1. The first-order valence-electron chi connectivity index (χ1n) is 8.28. The Morgan fingerprint density at radius 3 is 2.04 bits per heavy atom. The van der Waals surface area contributed by atoms with Gasteiger partial charge in [0.25, 0.3) is 11.8 Å². The van der Waals surface area contributed by atoms with Crippen LogP contribution >= 0.6 is 0 Å². The van der Waals surface area contributed by atoms with E-state index in [2.05, 4.69) is 10.6 Å². The van der Waals surface area contributed by atoms with Crippen molar-refractivity contribution in [1.29, 1.82) is 0 Å². The maximum Gasteiger partial charge on any atom is 0.255 e. The molecule has 0 bridgehead atoms. The van der Waals surface area contributed by atoms with Crippen LogP contribution in [0.2, 0.25) is 0 Å². The molecule has 0 saturated carbocycles. The van der Waals surface area contributed by atoms with E-state index in [0.717, 1.165) is 12.1 Å². The summed E-state index contributed by atoms with van der Waals surface area (Å²) in [7, 11) is 1.51. The van der Waals surface area contributed by atoms with Crippen molar-refractivity contribution in [2.75, 3.05) is 17.7 Å². The summed E-state index contributed by atoms with van der Waals surface area (Å²) in [5.74, 6) is -2.16. The fourth-order valence-electron chi connectivity index (χ4n) is 2.54. The van der Waals surface area contributed by atoms with E-state index >= 15 is 0 Å². The van der Waals surface area contributed by atoms with Gasteiger partial charge < -0.3 is 15.4 Å². The van der Waals surface area contributed by atoms with E-state index < -0.39 is 17.5 Å². The van der Waals surface area contributed by atoms with E-state index in [1.54, 1.807) is 24.3 Å². The number of halogens is 2. The molecule has 0 fully saturated rings. The quantitative estimate of drug-likeness (QED) is 0.684. The molecule has 0 aliphatic rings. The minimum absolute atomic E-state index is 0.143. The molecule has 142 valence electrons. The molecule has 0 heterocycles. The van der Waals surface area contributed by atoms with E-state index in [4.69, 9.17) is 4.74 Å². The molecule has 0 radical (unpaired) electrons. The number of nitrogens with one attached hydrogen (secondary N) is 2. The molecule has 3 aromatic rings. The lowest BCUT2D eigenvalue weighted by Gasteiger charge is -2.10. The molecule has 0 spiro atoms. The molecule has 2 N–H and O–H groups in total. The van der Waals surface area contributed by atoms with Crippen LogP contribution < -0.4 is 15.4 Å². The summed E-state index contributed by atoms with van der Waals surface area (Å²) in [5, 5.41) is 5.26. The van der Waals surface area contributed by atoms with Gasteiger partial charge in [0.15, 0.2) is 0 Å². The highest BCUT2D eigenvalue weighted by atomic mass is 19.1. The molecule has 3 rings (SSSR count). The number of para-hydroxylation sites is 2. The van der Waals surface area contributed by atoms with Gasteiger partial charge in [-0.05, 0) is 48.5 Å². The largest absolute Gasteiger partial charge is 0.495 e. The topological polar surface area (TPSA) is 67.4 Å². The van der Waals surface area contributed by atoms with Crippen LogP contribution in [-0.4, -0.2) is 18.9 Å². The number of hydrogen-bond acceptors (Lipinski definition) is 3. The molecule has 0 saturated heterocycles. The lowest BCUT2D eigenvalue weighted by molar-refractivity contribution is 0.101. The highest BCUT2D eigenvalue weighted by molar-refractivity contribution is 6.06. The van der Waals surface area contributed by atoms with E-state index in [1.807, 2.05) is 0 Å². The minimum atomic E-state index is -0.839. The highest BCUT2D eigenvalue weighted by Gasteiger charge is 2.12. The Bertz CT molecular complexity index is 1000. The van der Waals surface area contributed by atoms with Crippen LogP contribution in [0.15, 0.2) is 66.7 Å². The van der Waals surface area contributed by atoms with Gasteiger partial charge in [-0.2, -0.15) is 0 Å². The third-order valence-electron chi connectivity index (χ3n) is 3.88. The Balaban J connectivity index is 1.69. The van der Waals surface area contributed by atoms with Gasteiger partial charge in [-0.1, -0.05) is 12.1 Å². The normalized spacial score (nSPS) is 10.2. The van der Waals surface area contributed by atoms with Crippen LogP contribution in [0.4, 0.5) is 20.2 Å². The van der Waals surface area contributed by atoms with Gasteiger partial charge in [0, 0.05) is 22.9 Å². The molecule has 0 atom stereocenters. The summed E-state index contributed by atoms with van der Waals surface area (Å²) < 4.78 is 31.6. The van der Waals surface area contributed by atoms with E-state index in [0.29, 0.717) is 28.8 Å². The van der Waals surface area contributed by atoms with Crippen molar-refractivity contribution in [3.63, 3.8) is 0 Å². The third kappa shape index (κ3) is 4.50. The second-order valence-electron chi connectivity index (χ2n) is 5.84. The Hall–Kier alpha value is -3.74. The standard InChI is InChI=1S/C21H16F2N2O3/c1-28-19-5-3-2-4-18(19)25-20(26)13-6-8-17(9-7-13)24-21(27)14-10-15(22)12-16(23)11-14/h2-12H,1H3,(H,24,27)(H,25,26). The van der Waals surface area contributed by atoms with Gasteiger partial charge in [0.1, 0.15) is 17.4 Å². The Kier molecular flexibility index (Phi) is 5.64. The van der Waals surface area contributed by atoms with Crippen LogP contribution in [0, 0.1) is 11.6 Å². The second kappa shape index (κ2) is 8.30. The molecular weight excluding hydrogens is 366 g/mol. The van der Waals surface area contributed by atoms with E-state index in [-0.39, 0.29) is 11.5 Å². The summed E-state index contributed by atoms with van der Waals surface area (Å²) >= 11 is 0. The van der Waals surface area contributed by atoms with Gasteiger partial charge in [-0.15, -0.1) is 0 Å². The summed E-state index contributed by atoms with van der Waals surface area (Å²) in [5.41, 5.74) is 1.13. The van der Waals surface area contributed by atoms with Crippen LogP contribution in [0.1, 0.15) is 20.7 Å². The fraction of sp³-hybridized carbons (Fsp3) is 0.0476. The number of amides is 2. The first-order valence-corrected chi connectivity index (χ1v) is 8.28. The molecular formula is C21H16F2N2O3. The Labute approximate surface area is 160 Å². The molecule has 0 aromatic heterocycles. The van der Waals surface area contributed by atoms with Gasteiger partial charge >= 0.3 is 0 Å². The molecule has 0 unspecified atom stereocenters. The van der Waals surface area contributed by atoms with Gasteiger partial charge in [-0.25, -0.2) is 8.78 Å². The maximum absolute atomic E-state index is 13.2. The molecule has 5 nitrogen and oxygen atoms in total. The van der Waals surface area contributed by atoms with E-state index in [1.165, 1.54) is 31.4 Å². The predicted octanol–water partition coefficient (Wildman–Crippen LogP) is 4.48. The zero-order valence-corrected chi connectivity index (χ0v) is 14.8. The molecule has 28 heavy (non-hydrogen) atoms. The average molecular weight is 382 g/mol. The second-order valence-corrected chi connectivity index (χ2v) is 5.84. The smallest absolute Gasteiger partial charge is 0.255 e. The van der Waals surface area contributed by atoms with Crippen LogP contribution in [0.5, 0.6) is 5.75 Å². The van der Waals surface area contributed by atoms with Crippen LogP contribution in [-0.2, 0) is 0 Å².